The van der Waals surface area contributed by atoms with Gasteiger partial charge in [0.25, 0.3) is 0 Å². The second-order valence-corrected chi connectivity index (χ2v) is 5.05. The van der Waals surface area contributed by atoms with E-state index < -0.39 is 23.5 Å². The number of nitrogens with zero attached hydrogens (tertiary/aromatic N) is 1. The van der Waals surface area contributed by atoms with Gasteiger partial charge in [0.15, 0.2) is 0 Å². The van der Waals surface area contributed by atoms with Gasteiger partial charge in [0.1, 0.15) is 6.61 Å². The molecule has 106 valence electrons. The minimum Gasteiger partial charge on any atom is -0.481 e. The Balaban J connectivity index is 2.14. The van der Waals surface area contributed by atoms with Gasteiger partial charge in [-0.25, -0.2) is 4.79 Å². The van der Waals surface area contributed by atoms with Gasteiger partial charge in [-0.2, -0.15) is 0 Å². The third kappa shape index (κ3) is 2.73. The number of hydrogen-bond donors (Lipinski definition) is 1. The van der Waals surface area contributed by atoms with Crippen molar-refractivity contribution in [2.45, 2.75) is 24.8 Å². The van der Waals surface area contributed by atoms with Crippen LogP contribution >= 0.6 is 0 Å². The van der Waals surface area contributed by atoms with Crippen molar-refractivity contribution < 1.29 is 24.2 Å². The van der Waals surface area contributed by atoms with E-state index in [1.54, 1.807) is 4.90 Å². The lowest BCUT2D eigenvalue weighted by Crippen LogP contribution is -2.50. The number of carbonyl (C=O) groups is 2. The Kier molecular flexibility index (Phi) is 4.09. The summed E-state index contributed by atoms with van der Waals surface area (Å²) in [4.78, 5) is 24.8. The molecule has 1 spiro atoms. The average Bonchev–Trinajstić information content (AvgIpc) is 2.76. The number of hydrogen-bond acceptors (Lipinski definition) is 4. The summed E-state index contributed by atoms with van der Waals surface area (Å²) in [5.41, 5.74) is -0.417. The van der Waals surface area contributed by atoms with E-state index in [0.29, 0.717) is 32.5 Å². The molecule has 2 heterocycles. The van der Waals surface area contributed by atoms with E-state index in [9.17, 15) is 14.7 Å². The van der Waals surface area contributed by atoms with Crippen molar-refractivity contribution in [1.29, 1.82) is 0 Å². The molecule has 1 atom stereocenters. The van der Waals surface area contributed by atoms with Crippen LogP contribution in [0.5, 0.6) is 0 Å². The number of carboxylic acid groups (broad SMARTS) is 1. The van der Waals surface area contributed by atoms with Gasteiger partial charge in [0.2, 0.25) is 0 Å². The van der Waals surface area contributed by atoms with Crippen molar-refractivity contribution in [2.24, 2.45) is 5.92 Å². The Morgan fingerprint density at radius 1 is 1.47 bits per heavy atom. The molecule has 0 aromatic carbocycles. The van der Waals surface area contributed by atoms with Gasteiger partial charge < -0.3 is 19.5 Å². The summed E-state index contributed by atoms with van der Waals surface area (Å²) >= 11 is 0. The molecule has 2 aliphatic rings. The summed E-state index contributed by atoms with van der Waals surface area (Å²) in [6, 6.07) is 0. The number of amides is 1. The van der Waals surface area contributed by atoms with Gasteiger partial charge in [-0.15, -0.1) is 0 Å². The minimum absolute atomic E-state index is 0.139. The molecule has 6 heteroatoms. The Bertz CT molecular complexity index is 375. The number of carboxylic acids is 1. The highest BCUT2D eigenvalue weighted by Gasteiger charge is 2.51. The van der Waals surface area contributed by atoms with Crippen LogP contribution in [0.4, 0.5) is 4.79 Å². The lowest BCUT2D eigenvalue weighted by atomic mass is 9.85. The molecule has 0 aromatic rings. The van der Waals surface area contributed by atoms with Crippen molar-refractivity contribution in [3.8, 4) is 0 Å². The molecule has 0 saturated carbocycles. The first kappa shape index (κ1) is 13.9. The summed E-state index contributed by atoms with van der Waals surface area (Å²) in [7, 11) is 0. The zero-order chi connectivity index (χ0) is 13.9. The molecular formula is C13H19NO5. The summed E-state index contributed by atoms with van der Waals surface area (Å²) < 4.78 is 10.4. The first-order chi connectivity index (χ1) is 9.09. The SMILES string of the molecule is C=CCOC(=O)N1CC(C(=O)O)CC12CCOCC2. The van der Waals surface area contributed by atoms with Crippen LogP contribution in [0.25, 0.3) is 0 Å². The zero-order valence-electron chi connectivity index (χ0n) is 10.8. The molecule has 0 aromatic heterocycles. The maximum atomic E-state index is 12.1. The average molecular weight is 269 g/mol. The molecule has 0 radical (unpaired) electrons. The molecule has 0 aliphatic carbocycles. The number of aliphatic carboxylic acids is 1. The lowest BCUT2D eigenvalue weighted by Gasteiger charge is -2.40. The van der Waals surface area contributed by atoms with E-state index in [-0.39, 0.29) is 13.2 Å². The second kappa shape index (κ2) is 5.61. The maximum absolute atomic E-state index is 12.1. The molecule has 1 unspecified atom stereocenters. The van der Waals surface area contributed by atoms with Crippen LogP contribution in [0.1, 0.15) is 19.3 Å². The molecule has 2 aliphatic heterocycles. The molecule has 2 rings (SSSR count). The fourth-order valence-corrected chi connectivity index (χ4v) is 2.91. The molecule has 2 saturated heterocycles. The third-order valence-electron chi connectivity index (χ3n) is 3.92. The topological polar surface area (TPSA) is 76.1 Å². The van der Waals surface area contributed by atoms with Gasteiger partial charge in [-0.3, -0.25) is 4.79 Å². The Hall–Kier alpha value is -1.56. The second-order valence-electron chi connectivity index (χ2n) is 5.05. The molecule has 2 fully saturated rings. The van der Waals surface area contributed by atoms with Crippen molar-refractivity contribution in [2.75, 3.05) is 26.4 Å². The lowest BCUT2D eigenvalue weighted by molar-refractivity contribution is -0.141. The quantitative estimate of drug-likeness (QED) is 0.781. The van der Waals surface area contributed by atoms with E-state index in [4.69, 9.17) is 9.47 Å². The third-order valence-corrected chi connectivity index (χ3v) is 3.92. The normalized spacial score (nSPS) is 25.3. The number of carbonyl (C=O) groups excluding carboxylic acids is 1. The van der Waals surface area contributed by atoms with Gasteiger partial charge in [0, 0.05) is 19.8 Å². The highest BCUT2D eigenvalue weighted by Crippen LogP contribution is 2.41. The molecular weight excluding hydrogens is 250 g/mol. The smallest absolute Gasteiger partial charge is 0.410 e. The van der Waals surface area contributed by atoms with Crippen LogP contribution in [0, 0.1) is 5.92 Å². The van der Waals surface area contributed by atoms with Crippen LogP contribution in [0.15, 0.2) is 12.7 Å². The predicted octanol–water partition coefficient (Wildman–Crippen LogP) is 1.26. The number of likely N-dealkylation sites (tertiary alicyclic amines) is 1. The molecule has 6 nitrogen and oxygen atoms in total. The van der Waals surface area contributed by atoms with Crippen LogP contribution in [-0.4, -0.2) is 54.0 Å². The molecule has 19 heavy (non-hydrogen) atoms. The highest BCUT2D eigenvalue weighted by molar-refractivity contribution is 5.75. The first-order valence-electron chi connectivity index (χ1n) is 6.45. The van der Waals surface area contributed by atoms with Gasteiger partial charge in [-0.1, -0.05) is 12.7 Å². The van der Waals surface area contributed by atoms with E-state index in [1.807, 2.05) is 0 Å². The summed E-state index contributed by atoms with van der Waals surface area (Å²) in [6.07, 6.45) is 2.86. The van der Waals surface area contributed by atoms with Gasteiger partial charge >= 0.3 is 12.1 Å². The minimum atomic E-state index is -0.857. The van der Waals surface area contributed by atoms with Crippen LogP contribution in [-0.2, 0) is 14.3 Å². The first-order valence-corrected chi connectivity index (χ1v) is 6.45. The maximum Gasteiger partial charge on any atom is 0.410 e. The van der Waals surface area contributed by atoms with Crippen LogP contribution < -0.4 is 0 Å². The highest BCUT2D eigenvalue weighted by atomic mass is 16.6. The van der Waals surface area contributed by atoms with E-state index in [0.717, 1.165) is 0 Å². The predicted molar refractivity (Wildman–Crippen MR) is 66.8 cm³/mol. The summed E-state index contributed by atoms with van der Waals surface area (Å²) in [6.45, 7) is 4.96. The van der Waals surface area contributed by atoms with Crippen molar-refractivity contribution in [3.05, 3.63) is 12.7 Å². The van der Waals surface area contributed by atoms with Crippen LogP contribution in [0.3, 0.4) is 0 Å². The Labute approximate surface area is 112 Å². The molecule has 1 amide bonds. The van der Waals surface area contributed by atoms with Gasteiger partial charge in [-0.05, 0) is 19.3 Å². The largest absolute Gasteiger partial charge is 0.481 e. The summed E-state index contributed by atoms with van der Waals surface area (Å²) in [5.74, 6) is -1.38. The number of ether oxygens (including phenoxy) is 2. The summed E-state index contributed by atoms with van der Waals surface area (Å²) in [5, 5.41) is 9.18. The van der Waals surface area contributed by atoms with Gasteiger partial charge in [0.05, 0.1) is 11.5 Å². The van der Waals surface area contributed by atoms with Crippen molar-refractivity contribution in [1.82, 2.24) is 4.90 Å². The Morgan fingerprint density at radius 2 is 2.16 bits per heavy atom. The van der Waals surface area contributed by atoms with Crippen LogP contribution in [0.2, 0.25) is 0 Å². The van der Waals surface area contributed by atoms with E-state index in [1.165, 1.54) is 6.08 Å². The number of rotatable bonds is 3. The monoisotopic (exact) mass is 269 g/mol. The van der Waals surface area contributed by atoms with E-state index >= 15 is 0 Å². The standard InChI is InChI=1S/C13H19NO5/c1-2-5-19-12(17)14-9-10(11(15)16)8-13(14)3-6-18-7-4-13/h2,10H,1,3-9H2,(H,15,16). The fourth-order valence-electron chi connectivity index (χ4n) is 2.91. The Morgan fingerprint density at radius 3 is 2.74 bits per heavy atom. The fraction of sp³-hybridized carbons (Fsp3) is 0.692. The van der Waals surface area contributed by atoms with Crippen molar-refractivity contribution in [3.63, 3.8) is 0 Å². The van der Waals surface area contributed by atoms with E-state index in [2.05, 4.69) is 6.58 Å². The van der Waals surface area contributed by atoms with Crippen molar-refractivity contribution >= 4 is 12.1 Å². The molecule has 0 bridgehead atoms. The molecule has 1 N–H and O–H groups in total. The zero-order valence-corrected chi connectivity index (χ0v) is 10.8.